The predicted octanol–water partition coefficient (Wildman–Crippen LogP) is 2.34. The third-order valence-electron chi connectivity index (χ3n) is 3.59. The van der Waals surface area contributed by atoms with Crippen LogP contribution in [0.2, 0.25) is 5.02 Å². The lowest BCUT2D eigenvalue weighted by Crippen LogP contribution is -2.42. The summed E-state index contributed by atoms with van der Waals surface area (Å²) in [4.78, 5) is 4.10. The molecule has 0 aliphatic heterocycles. The number of hydrogen-bond acceptors (Lipinski definition) is 3. The maximum absolute atomic E-state index is 12.1. The average Bonchev–Trinajstić information content (AvgIpc) is 2.56. The molecule has 0 spiro atoms. The molecule has 1 rings (SSSR count). The van der Waals surface area contributed by atoms with Crippen LogP contribution in [0.4, 0.5) is 0 Å². The number of aliphatic imine (C=N–C) groups is 1. The van der Waals surface area contributed by atoms with E-state index in [1.807, 2.05) is 38.1 Å². The van der Waals surface area contributed by atoms with Gasteiger partial charge in [0.1, 0.15) is 0 Å². The van der Waals surface area contributed by atoms with Crippen molar-refractivity contribution in [3.63, 3.8) is 0 Å². The van der Waals surface area contributed by atoms with E-state index >= 15 is 0 Å². The summed E-state index contributed by atoms with van der Waals surface area (Å²) in [5.74, 6) is 0.644. The van der Waals surface area contributed by atoms with Crippen LogP contribution in [0.3, 0.4) is 0 Å². The molecule has 0 atom stereocenters. The minimum absolute atomic E-state index is 0. The lowest BCUT2D eigenvalue weighted by Gasteiger charge is -2.19. The molecule has 144 valence electrons. The van der Waals surface area contributed by atoms with Crippen molar-refractivity contribution < 1.29 is 8.42 Å². The fourth-order valence-electron chi connectivity index (χ4n) is 2.24. The van der Waals surface area contributed by atoms with Gasteiger partial charge in [-0.1, -0.05) is 37.6 Å². The van der Waals surface area contributed by atoms with E-state index in [1.165, 1.54) is 9.87 Å². The Labute approximate surface area is 173 Å². The number of nitrogens with zero attached hydrogens (tertiary/aromatic N) is 2. The molecule has 0 aromatic heterocycles. The first kappa shape index (κ1) is 24.4. The maximum Gasteiger partial charge on any atom is 0.215 e. The highest BCUT2D eigenvalue weighted by atomic mass is 127. The van der Waals surface area contributed by atoms with Crippen molar-refractivity contribution in [2.75, 3.05) is 39.0 Å². The summed E-state index contributed by atoms with van der Waals surface area (Å²) in [5.41, 5.74) is 1.17. The average molecular weight is 503 g/mol. The van der Waals surface area contributed by atoms with Gasteiger partial charge in [-0.15, -0.1) is 24.0 Å². The minimum atomic E-state index is -3.22. The van der Waals surface area contributed by atoms with Crippen molar-refractivity contribution in [2.45, 2.75) is 20.3 Å². The van der Waals surface area contributed by atoms with Gasteiger partial charge in [0.05, 0.1) is 5.75 Å². The van der Waals surface area contributed by atoms with Crippen LogP contribution in [0.1, 0.15) is 19.4 Å². The van der Waals surface area contributed by atoms with Crippen LogP contribution >= 0.6 is 35.6 Å². The van der Waals surface area contributed by atoms with Crippen molar-refractivity contribution in [2.24, 2.45) is 4.99 Å². The molecule has 0 radical (unpaired) electrons. The Morgan fingerprint density at radius 2 is 1.68 bits per heavy atom. The SMILES string of the molecule is CCN(CC)S(=O)(=O)CCNC(=NC)NCCc1ccc(Cl)cc1.I. The quantitative estimate of drug-likeness (QED) is 0.309. The van der Waals surface area contributed by atoms with Gasteiger partial charge in [-0.05, 0) is 24.1 Å². The summed E-state index contributed by atoms with van der Waals surface area (Å²) >= 11 is 5.86. The number of hydrogen-bond donors (Lipinski definition) is 2. The molecule has 0 saturated carbocycles. The molecular weight excluding hydrogens is 475 g/mol. The van der Waals surface area contributed by atoms with E-state index in [-0.39, 0.29) is 29.7 Å². The minimum Gasteiger partial charge on any atom is -0.356 e. The molecule has 0 bridgehead atoms. The first-order valence-corrected chi connectivity index (χ1v) is 10.1. The lowest BCUT2D eigenvalue weighted by molar-refractivity contribution is 0.445. The standard InChI is InChI=1S/C16H27ClN4O2S.HI/c1-4-21(5-2)24(22,23)13-12-20-16(18-3)19-11-10-14-6-8-15(17)9-7-14;/h6-9H,4-5,10-13H2,1-3H3,(H2,18,19,20);1H. The Morgan fingerprint density at radius 3 is 2.20 bits per heavy atom. The zero-order valence-electron chi connectivity index (χ0n) is 15.0. The second kappa shape index (κ2) is 12.7. The maximum atomic E-state index is 12.1. The van der Waals surface area contributed by atoms with Gasteiger partial charge in [-0.3, -0.25) is 4.99 Å². The van der Waals surface area contributed by atoms with E-state index < -0.39 is 10.0 Å². The molecule has 0 amide bonds. The highest BCUT2D eigenvalue weighted by Crippen LogP contribution is 2.09. The molecule has 25 heavy (non-hydrogen) atoms. The van der Waals surface area contributed by atoms with Crippen LogP contribution in [0.15, 0.2) is 29.3 Å². The number of benzene rings is 1. The molecule has 0 aliphatic rings. The van der Waals surface area contributed by atoms with Crippen molar-refractivity contribution in [3.05, 3.63) is 34.9 Å². The van der Waals surface area contributed by atoms with Crippen molar-refractivity contribution >= 4 is 51.6 Å². The van der Waals surface area contributed by atoms with Gasteiger partial charge in [0.15, 0.2) is 5.96 Å². The van der Waals surface area contributed by atoms with Crippen LogP contribution in [-0.4, -0.2) is 57.7 Å². The largest absolute Gasteiger partial charge is 0.356 e. The molecule has 0 heterocycles. The first-order chi connectivity index (χ1) is 11.4. The van der Waals surface area contributed by atoms with Gasteiger partial charge >= 0.3 is 0 Å². The van der Waals surface area contributed by atoms with Gasteiger partial charge in [0, 0.05) is 38.2 Å². The Balaban J connectivity index is 0.00000576. The van der Waals surface area contributed by atoms with Gasteiger partial charge in [-0.25, -0.2) is 12.7 Å². The van der Waals surface area contributed by atoms with Gasteiger partial charge in [0.25, 0.3) is 0 Å². The lowest BCUT2D eigenvalue weighted by atomic mass is 10.1. The van der Waals surface area contributed by atoms with Crippen LogP contribution < -0.4 is 10.6 Å². The van der Waals surface area contributed by atoms with E-state index in [0.29, 0.717) is 32.1 Å². The summed E-state index contributed by atoms with van der Waals surface area (Å²) in [7, 11) is -1.56. The number of nitrogens with one attached hydrogen (secondary N) is 2. The molecule has 1 aromatic carbocycles. The summed E-state index contributed by atoms with van der Waals surface area (Å²) < 4.78 is 25.7. The summed E-state index contributed by atoms with van der Waals surface area (Å²) in [6.07, 6.45) is 0.829. The van der Waals surface area contributed by atoms with Gasteiger partial charge in [0.2, 0.25) is 10.0 Å². The molecule has 2 N–H and O–H groups in total. The van der Waals surface area contributed by atoms with E-state index in [0.717, 1.165) is 11.4 Å². The molecular formula is C16H28ClIN4O2S. The van der Waals surface area contributed by atoms with E-state index in [4.69, 9.17) is 11.6 Å². The number of guanidine groups is 1. The zero-order chi connectivity index (χ0) is 18.0. The molecule has 0 fully saturated rings. The second-order valence-electron chi connectivity index (χ2n) is 5.20. The molecule has 0 saturated heterocycles. The predicted molar refractivity (Wildman–Crippen MR) is 117 cm³/mol. The van der Waals surface area contributed by atoms with Crippen molar-refractivity contribution in [1.29, 1.82) is 0 Å². The van der Waals surface area contributed by atoms with Crippen molar-refractivity contribution in [1.82, 2.24) is 14.9 Å². The van der Waals surface area contributed by atoms with Crippen LogP contribution in [0, 0.1) is 0 Å². The monoisotopic (exact) mass is 502 g/mol. The molecule has 1 aromatic rings. The Kier molecular flexibility index (Phi) is 12.4. The number of halogens is 2. The summed E-state index contributed by atoms with van der Waals surface area (Å²) in [5, 5.41) is 6.93. The van der Waals surface area contributed by atoms with Gasteiger partial charge in [-0.2, -0.15) is 0 Å². The fourth-order valence-corrected chi connectivity index (χ4v) is 3.77. The first-order valence-electron chi connectivity index (χ1n) is 8.09. The Morgan fingerprint density at radius 1 is 1.12 bits per heavy atom. The van der Waals surface area contributed by atoms with Crippen LogP contribution in [-0.2, 0) is 16.4 Å². The fraction of sp³-hybridized carbons (Fsp3) is 0.562. The molecule has 0 aliphatic carbocycles. The highest BCUT2D eigenvalue weighted by molar-refractivity contribution is 14.0. The topological polar surface area (TPSA) is 73.8 Å². The zero-order valence-corrected chi connectivity index (χ0v) is 18.9. The van der Waals surface area contributed by atoms with E-state index in [2.05, 4.69) is 15.6 Å². The number of sulfonamides is 1. The normalized spacial score (nSPS) is 12.0. The molecule has 0 unspecified atom stereocenters. The summed E-state index contributed by atoms with van der Waals surface area (Å²) in [6.45, 7) is 5.68. The molecule has 9 heteroatoms. The molecule has 6 nitrogen and oxygen atoms in total. The Hall–Kier alpha value is -0.580. The van der Waals surface area contributed by atoms with Gasteiger partial charge < -0.3 is 10.6 Å². The summed E-state index contributed by atoms with van der Waals surface area (Å²) in [6, 6.07) is 7.69. The highest BCUT2D eigenvalue weighted by Gasteiger charge is 2.18. The second-order valence-corrected chi connectivity index (χ2v) is 7.73. The number of rotatable bonds is 9. The smallest absolute Gasteiger partial charge is 0.215 e. The van der Waals surface area contributed by atoms with Crippen LogP contribution in [0.25, 0.3) is 0 Å². The van der Waals surface area contributed by atoms with E-state index in [9.17, 15) is 8.42 Å². The third kappa shape index (κ3) is 9.07. The third-order valence-corrected chi connectivity index (χ3v) is 5.87. The van der Waals surface area contributed by atoms with E-state index in [1.54, 1.807) is 7.05 Å². The Bertz CT molecular complexity index is 620. The van der Waals surface area contributed by atoms with Crippen LogP contribution in [0.5, 0.6) is 0 Å². The van der Waals surface area contributed by atoms with Crippen molar-refractivity contribution in [3.8, 4) is 0 Å².